The zero-order valence-electron chi connectivity index (χ0n) is 26.9. The van der Waals surface area contributed by atoms with Gasteiger partial charge in [0.15, 0.2) is 11.5 Å². The lowest BCUT2D eigenvalue weighted by Crippen LogP contribution is -2.51. The van der Waals surface area contributed by atoms with E-state index in [9.17, 15) is 0 Å². The summed E-state index contributed by atoms with van der Waals surface area (Å²) in [5.41, 5.74) is 19.5. The molecule has 0 atom stereocenters. The Balaban J connectivity index is 0.000000139. The lowest BCUT2D eigenvalue weighted by Gasteiger charge is -2.13. The first-order valence-corrected chi connectivity index (χ1v) is 14.3. The van der Waals surface area contributed by atoms with Gasteiger partial charge in [-0.1, -0.05) is 0 Å². The fourth-order valence-electron chi connectivity index (χ4n) is 5.79. The fourth-order valence-corrected chi connectivity index (χ4v) is 5.79. The number of pyridine rings is 1. The summed E-state index contributed by atoms with van der Waals surface area (Å²) in [7, 11) is 4.20. The second-order valence-electron chi connectivity index (χ2n) is 11.7. The Morgan fingerprint density at radius 3 is 1.88 bits per heavy atom. The fraction of sp³-hybridized carbons (Fsp3) is 0.471. The van der Waals surface area contributed by atoms with E-state index in [0.717, 1.165) is 36.5 Å². The summed E-state index contributed by atoms with van der Waals surface area (Å²) >= 11 is 0. The number of aliphatic imine (C=N–C) groups is 3. The first-order chi connectivity index (χ1) is 18.7. The largest absolute Gasteiger partial charge is 0.414 e. The van der Waals surface area contributed by atoms with Crippen molar-refractivity contribution in [3.8, 4) is 0 Å². The molecule has 3 aliphatic heterocycles. The molecule has 2 aromatic heterocycles. The highest BCUT2D eigenvalue weighted by Gasteiger charge is 2.32. The molecule has 0 saturated carbocycles. The second-order valence-corrected chi connectivity index (χ2v) is 11.7. The highest BCUT2D eigenvalue weighted by Crippen LogP contribution is 2.35. The van der Waals surface area contributed by atoms with E-state index in [1.807, 2.05) is 13.1 Å². The predicted octanol–water partition coefficient (Wildman–Crippen LogP) is 6.43. The van der Waals surface area contributed by atoms with E-state index in [4.69, 9.17) is 0 Å². The van der Waals surface area contributed by atoms with E-state index >= 15 is 0 Å². The summed E-state index contributed by atoms with van der Waals surface area (Å²) in [6.45, 7) is 23.5. The smallest absolute Gasteiger partial charge is 0.260 e. The van der Waals surface area contributed by atoms with Gasteiger partial charge >= 0.3 is 5.82 Å². The minimum Gasteiger partial charge on any atom is -0.260 e. The van der Waals surface area contributed by atoms with Crippen molar-refractivity contribution in [1.29, 1.82) is 0 Å². The standard InChI is InChI=1S/C12H15N.C11H17N3.C11H14N2/c1-7-8(2)10(4)12-11(9(7)3)5-6-13-12;1-7-6-10-11(12-7)8(2)13(4)9(3)14(10)5;1-6-5-10-8(3)7(2)9(4)13-11(10)12-6/h6H,5H2,1-4H3;6H2,1-5H3;5H2,1-4H3/q;+2;. The summed E-state index contributed by atoms with van der Waals surface area (Å²) in [4.78, 5) is 17.9. The Morgan fingerprint density at radius 1 is 0.600 bits per heavy atom. The maximum absolute atomic E-state index is 4.59. The van der Waals surface area contributed by atoms with Gasteiger partial charge in [-0.15, -0.1) is 9.13 Å². The summed E-state index contributed by atoms with van der Waals surface area (Å²) in [6, 6.07) is 0. The van der Waals surface area contributed by atoms with Gasteiger partial charge in [0.2, 0.25) is 11.4 Å². The molecular formula is C34H46N6+2. The number of aromatic nitrogens is 3. The third-order valence-electron chi connectivity index (χ3n) is 9.35. The summed E-state index contributed by atoms with van der Waals surface area (Å²) in [6.07, 6.45) is 5.01. The van der Waals surface area contributed by atoms with Crippen LogP contribution in [0.4, 0.5) is 17.2 Å². The molecule has 5 heterocycles. The number of rotatable bonds is 0. The molecule has 1 aromatic carbocycles. The van der Waals surface area contributed by atoms with Crippen LogP contribution in [0, 0.1) is 62.3 Å². The zero-order valence-corrected chi connectivity index (χ0v) is 26.9. The van der Waals surface area contributed by atoms with Gasteiger partial charge in [0, 0.05) is 48.7 Å². The van der Waals surface area contributed by atoms with Crippen molar-refractivity contribution in [3.63, 3.8) is 0 Å². The molecule has 6 nitrogen and oxygen atoms in total. The van der Waals surface area contributed by atoms with Gasteiger partial charge in [-0.2, -0.15) is 0 Å². The quantitative estimate of drug-likeness (QED) is 0.304. The lowest BCUT2D eigenvalue weighted by atomic mass is 9.92. The van der Waals surface area contributed by atoms with Crippen LogP contribution in [-0.4, -0.2) is 22.6 Å². The van der Waals surface area contributed by atoms with Crippen molar-refractivity contribution < 1.29 is 9.13 Å². The van der Waals surface area contributed by atoms with Crippen LogP contribution in [0.5, 0.6) is 0 Å². The van der Waals surface area contributed by atoms with Crippen LogP contribution in [0.1, 0.15) is 81.3 Å². The Bertz CT molecular complexity index is 1640. The molecule has 0 aliphatic carbocycles. The van der Waals surface area contributed by atoms with Crippen molar-refractivity contribution in [2.75, 3.05) is 0 Å². The van der Waals surface area contributed by atoms with Crippen molar-refractivity contribution in [1.82, 2.24) is 4.98 Å². The minimum atomic E-state index is 0.943. The summed E-state index contributed by atoms with van der Waals surface area (Å²) < 4.78 is 4.43. The third kappa shape index (κ3) is 5.16. The van der Waals surface area contributed by atoms with E-state index < -0.39 is 0 Å². The molecule has 0 amide bonds. The maximum Gasteiger partial charge on any atom is 0.414 e. The Labute approximate surface area is 240 Å². The summed E-state index contributed by atoms with van der Waals surface area (Å²) in [5.74, 6) is 2.21. The van der Waals surface area contributed by atoms with Crippen LogP contribution in [0.15, 0.2) is 15.0 Å². The molecule has 6 rings (SSSR count). The summed E-state index contributed by atoms with van der Waals surface area (Å²) in [5, 5.41) is 0. The third-order valence-corrected chi connectivity index (χ3v) is 9.35. The van der Waals surface area contributed by atoms with Gasteiger partial charge in [-0.25, -0.2) is 15.0 Å². The number of hydrogen-bond donors (Lipinski definition) is 0. The Kier molecular flexibility index (Phi) is 8.21. The molecule has 0 saturated heterocycles. The second kappa shape index (κ2) is 11.1. The highest BCUT2D eigenvalue weighted by atomic mass is 15.1. The van der Waals surface area contributed by atoms with E-state index in [1.165, 1.54) is 78.8 Å². The number of benzene rings is 1. The molecule has 3 aromatic rings. The molecule has 0 spiro atoms. The minimum absolute atomic E-state index is 0.943. The van der Waals surface area contributed by atoms with E-state index in [0.29, 0.717) is 0 Å². The van der Waals surface area contributed by atoms with Crippen molar-refractivity contribution in [3.05, 3.63) is 67.4 Å². The predicted molar refractivity (Wildman–Crippen MR) is 167 cm³/mol. The van der Waals surface area contributed by atoms with Gasteiger partial charge in [0.05, 0.1) is 19.0 Å². The van der Waals surface area contributed by atoms with Crippen LogP contribution in [0.25, 0.3) is 0 Å². The molecule has 6 heteroatoms. The maximum atomic E-state index is 4.59. The SMILES string of the molecule is CC1=Nc2c(C)[n+](C)c(C)[n+](C)c2C1.CC1=Nc2nc(C)c(C)c(C)c2C1.Cc1c(C)c(C)c2c(c1C)CC=N2. The van der Waals surface area contributed by atoms with Crippen LogP contribution in [-0.2, 0) is 33.4 Å². The average molecular weight is 539 g/mol. The number of hydrogen-bond acceptors (Lipinski definition) is 4. The van der Waals surface area contributed by atoms with Gasteiger partial charge < -0.3 is 0 Å². The first kappa shape index (κ1) is 29.4. The molecule has 0 radical (unpaired) electrons. The van der Waals surface area contributed by atoms with Gasteiger partial charge in [-0.3, -0.25) is 4.99 Å². The van der Waals surface area contributed by atoms with Crippen LogP contribution >= 0.6 is 0 Å². The van der Waals surface area contributed by atoms with Crippen LogP contribution in [0.2, 0.25) is 0 Å². The van der Waals surface area contributed by atoms with Crippen molar-refractivity contribution >= 4 is 34.8 Å². The molecule has 0 fully saturated rings. The molecule has 210 valence electrons. The number of nitrogens with zero attached hydrogens (tertiary/aromatic N) is 6. The zero-order chi connectivity index (χ0) is 29.6. The monoisotopic (exact) mass is 538 g/mol. The highest BCUT2D eigenvalue weighted by molar-refractivity contribution is 5.92. The molecule has 40 heavy (non-hydrogen) atoms. The first-order valence-electron chi connectivity index (χ1n) is 14.3. The van der Waals surface area contributed by atoms with Gasteiger partial charge in [0.1, 0.15) is 14.1 Å². The molecule has 3 aliphatic rings. The van der Waals surface area contributed by atoms with Crippen molar-refractivity contribution in [2.24, 2.45) is 29.1 Å². The molecule has 0 N–H and O–H groups in total. The normalized spacial score (nSPS) is 14.0. The van der Waals surface area contributed by atoms with Crippen molar-refractivity contribution in [2.45, 2.75) is 95.4 Å². The van der Waals surface area contributed by atoms with Crippen LogP contribution in [0.3, 0.4) is 0 Å². The van der Waals surface area contributed by atoms with E-state index in [1.54, 1.807) is 0 Å². The van der Waals surface area contributed by atoms with E-state index in [-0.39, 0.29) is 0 Å². The van der Waals surface area contributed by atoms with Gasteiger partial charge in [-0.05, 0) is 101 Å². The van der Waals surface area contributed by atoms with Crippen LogP contribution < -0.4 is 9.13 Å². The topological polar surface area (TPSA) is 57.7 Å². The molecule has 0 bridgehead atoms. The Morgan fingerprint density at radius 2 is 1.20 bits per heavy atom. The van der Waals surface area contributed by atoms with Gasteiger partial charge in [0.25, 0.3) is 0 Å². The lowest BCUT2D eigenvalue weighted by molar-refractivity contribution is -0.819. The van der Waals surface area contributed by atoms with E-state index in [2.05, 4.69) is 112 Å². The number of aryl methyl sites for hydroxylation is 1. The Hall–Kier alpha value is -3.54. The molecule has 0 unspecified atom stereocenters. The average Bonchev–Trinajstić information content (AvgIpc) is 3.66. The number of fused-ring (bicyclic) bond motifs is 3. The molecular weight excluding hydrogens is 492 g/mol.